The van der Waals surface area contributed by atoms with Crippen molar-refractivity contribution >= 4 is 46.9 Å². The molecule has 0 spiro atoms. The Morgan fingerprint density at radius 1 is 0.974 bits per heavy atom. The minimum Gasteiger partial charge on any atom is -0.493 e. The van der Waals surface area contributed by atoms with Crippen LogP contribution < -0.4 is 25.5 Å². The third kappa shape index (κ3) is 7.81. The highest BCUT2D eigenvalue weighted by atomic mass is 35.5. The normalized spacial score (nSPS) is 10.7. The van der Waals surface area contributed by atoms with Crippen LogP contribution in [0.5, 0.6) is 11.5 Å². The molecule has 10 heteroatoms. The molecule has 38 heavy (non-hydrogen) atoms. The molecule has 3 amide bonds. The molecule has 198 valence electrons. The molecule has 0 heterocycles. The van der Waals surface area contributed by atoms with Gasteiger partial charge in [-0.05, 0) is 67.3 Å². The molecule has 3 aromatic rings. The van der Waals surface area contributed by atoms with Gasteiger partial charge in [0.2, 0.25) is 0 Å². The van der Waals surface area contributed by atoms with Gasteiger partial charge in [-0.25, -0.2) is 5.43 Å². The highest BCUT2D eigenvalue weighted by molar-refractivity contribution is 6.39. The number of methoxy groups -OCH3 is 1. The lowest BCUT2D eigenvalue weighted by Crippen LogP contribution is -2.32. The summed E-state index contributed by atoms with van der Waals surface area (Å²) in [5.41, 5.74) is 6.98. The van der Waals surface area contributed by atoms with Crippen molar-refractivity contribution in [2.24, 2.45) is 5.10 Å². The first-order chi connectivity index (χ1) is 18.2. The molecule has 0 saturated carbocycles. The van der Waals surface area contributed by atoms with Gasteiger partial charge in [0.25, 0.3) is 5.91 Å². The summed E-state index contributed by atoms with van der Waals surface area (Å²) in [6.07, 6.45) is 2.17. The van der Waals surface area contributed by atoms with Crippen molar-refractivity contribution in [3.63, 3.8) is 0 Å². The van der Waals surface area contributed by atoms with E-state index >= 15 is 0 Å². The fourth-order valence-corrected chi connectivity index (χ4v) is 3.73. The zero-order valence-corrected chi connectivity index (χ0v) is 22.3. The predicted molar refractivity (Wildman–Crippen MR) is 148 cm³/mol. The van der Waals surface area contributed by atoms with E-state index in [1.165, 1.54) is 19.4 Å². The van der Waals surface area contributed by atoms with Gasteiger partial charge in [0.1, 0.15) is 0 Å². The number of carbonyl (C=O) groups is 3. The lowest BCUT2D eigenvalue weighted by Gasteiger charge is -2.14. The quantitative estimate of drug-likeness (QED) is 0.209. The van der Waals surface area contributed by atoms with Gasteiger partial charge in [-0.15, -0.1) is 0 Å². The first-order valence-corrected chi connectivity index (χ1v) is 12.2. The summed E-state index contributed by atoms with van der Waals surface area (Å²) in [6, 6.07) is 16.0. The van der Waals surface area contributed by atoms with Crippen LogP contribution in [0.3, 0.4) is 0 Å². The number of aryl methyl sites for hydroxylation is 3. The zero-order chi connectivity index (χ0) is 27.7. The summed E-state index contributed by atoms with van der Waals surface area (Å²) in [4.78, 5) is 36.6. The van der Waals surface area contributed by atoms with Crippen LogP contribution in [0.1, 0.15) is 29.2 Å². The Balaban J connectivity index is 1.57. The predicted octanol–water partition coefficient (Wildman–Crippen LogP) is 4.63. The maximum Gasteiger partial charge on any atom is 0.329 e. The van der Waals surface area contributed by atoms with E-state index in [9.17, 15) is 14.4 Å². The van der Waals surface area contributed by atoms with Gasteiger partial charge in [-0.1, -0.05) is 48.4 Å². The van der Waals surface area contributed by atoms with E-state index in [4.69, 9.17) is 21.1 Å². The number of hydrogen-bond acceptors (Lipinski definition) is 6. The standard InChI is InChI=1S/C28H29ClN4O5/c1-5-19-7-9-21(10-8-19)31-27(35)28(36)33-30-15-20-13-22(29)26(24(14-20)37-4)38-16-25(34)32-23-11-6-17(2)12-18(23)3/h6-15H,5,16H2,1-4H3,(H,31,35)(H,32,34)(H,33,36)/b30-15-. The number of hydrogen-bond donors (Lipinski definition) is 3. The highest BCUT2D eigenvalue weighted by Crippen LogP contribution is 2.36. The summed E-state index contributed by atoms with van der Waals surface area (Å²) in [5.74, 6) is -1.71. The molecule has 0 aliphatic carbocycles. The van der Waals surface area contributed by atoms with Gasteiger partial charge in [0.15, 0.2) is 18.1 Å². The Hall–Kier alpha value is -4.37. The number of halogens is 1. The molecule has 0 bridgehead atoms. The number of carbonyl (C=O) groups excluding carboxylic acids is 3. The summed E-state index contributed by atoms with van der Waals surface area (Å²) in [7, 11) is 1.42. The van der Waals surface area contributed by atoms with Crippen molar-refractivity contribution < 1.29 is 23.9 Å². The molecule has 3 N–H and O–H groups in total. The second-order valence-electron chi connectivity index (χ2n) is 8.39. The van der Waals surface area contributed by atoms with Crippen molar-refractivity contribution in [3.05, 3.63) is 81.9 Å². The van der Waals surface area contributed by atoms with E-state index in [2.05, 4.69) is 21.2 Å². The average Bonchev–Trinajstić information content (AvgIpc) is 2.89. The maximum absolute atomic E-state index is 12.4. The van der Waals surface area contributed by atoms with E-state index in [-0.39, 0.29) is 29.0 Å². The van der Waals surface area contributed by atoms with Crippen LogP contribution in [-0.2, 0) is 20.8 Å². The molecule has 0 fully saturated rings. The molecule has 3 rings (SSSR count). The van der Waals surface area contributed by atoms with Crippen molar-refractivity contribution in [1.82, 2.24) is 5.43 Å². The first-order valence-electron chi connectivity index (χ1n) is 11.8. The third-order valence-corrected chi connectivity index (χ3v) is 5.74. The third-order valence-electron chi connectivity index (χ3n) is 5.46. The van der Waals surface area contributed by atoms with E-state index in [1.54, 1.807) is 18.2 Å². The lowest BCUT2D eigenvalue weighted by molar-refractivity contribution is -0.136. The maximum atomic E-state index is 12.4. The number of hydrazone groups is 1. The molecular weight excluding hydrogens is 508 g/mol. The molecule has 0 saturated heterocycles. The monoisotopic (exact) mass is 536 g/mol. The lowest BCUT2D eigenvalue weighted by atomic mass is 10.1. The van der Waals surface area contributed by atoms with Crippen molar-refractivity contribution in [2.45, 2.75) is 27.2 Å². The summed E-state index contributed by atoms with van der Waals surface area (Å²) in [6.45, 7) is 5.62. The minimum atomic E-state index is -0.936. The van der Waals surface area contributed by atoms with Crippen LogP contribution in [-0.4, -0.2) is 37.7 Å². The molecule has 0 unspecified atom stereocenters. The summed E-state index contributed by atoms with van der Waals surface area (Å²) in [5, 5.41) is 9.29. The first kappa shape index (κ1) is 28.2. The van der Waals surface area contributed by atoms with Crippen LogP contribution in [0.25, 0.3) is 0 Å². The van der Waals surface area contributed by atoms with Crippen LogP contribution in [0.2, 0.25) is 5.02 Å². The fourth-order valence-electron chi connectivity index (χ4n) is 3.46. The number of ether oxygens (including phenoxy) is 2. The van der Waals surface area contributed by atoms with Gasteiger partial charge >= 0.3 is 11.8 Å². The highest BCUT2D eigenvalue weighted by Gasteiger charge is 2.15. The number of rotatable bonds is 9. The second-order valence-corrected chi connectivity index (χ2v) is 8.80. The van der Waals surface area contributed by atoms with Gasteiger partial charge in [-0.3, -0.25) is 14.4 Å². The number of nitrogens with one attached hydrogen (secondary N) is 3. The van der Waals surface area contributed by atoms with Gasteiger partial charge in [-0.2, -0.15) is 5.10 Å². The second kappa shape index (κ2) is 13.3. The topological polar surface area (TPSA) is 118 Å². The largest absolute Gasteiger partial charge is 0.493 e. The van der Waals surface area contributed by atoms with E-state index in [0.717, 1.165) is 23.1 Å². The number of amides is 3. The molecule has 0 aliphatic heterocycles. The fraction of sp³-hybridized carbons (Fsp3) is 0.214. The van der Waals surface area contributed by atoms with E-state index in [1.807, 2.05) is 51.1 Å². The Bertz CT molecular complexity index is 1360. The SMILES string of the molecule is CCc1ccc(NC(=O)C(=O)N/N=C\c2cc(Cl)c(OCC(=O)Nc3ccc(C)cc3C)c(OC)c2)cc1. The molecule has 0 aliphatic rings. The van der Waals surface area contributed by atoms with Crippen molar-refractivity contribution in [2.75, 3.05) is 24.4 Å². The Labute approximate surface area is 226 Å². The summed E-state index contributed by atoms with van der Waals surface area (Å²) >= 11 is 6.35. The Kier molecular flexibility index (Phi) is 9.84. The van der Waals surface area contributed by atoms with Crippen LogP contribution in [0.4, 0.5) is 11.4 Å². The van der Waals surface area contributed by atoms with Gasteiger partial charge < -0.3 is 20.1 Å². The van der Waals surface area contributed by atoms with Crippen LogP contribution in [0.15, 0.2) is 59.7 Å². The van der Waals surface area contributed by atoms with Gasteiger partial charge in [0, 0.05) is 11.4 Å². The van der Waals surface area contributed by atoms with Gasteiger partial charge in [0.05, 0.1) is 18.3 Å². The molecule has 0 radical (unpaired) electrons. The number of nitrogens with zero attached hydrogens (tertiary/aromatic N) is 1. The number of benzene rings is 3. The van der Waals surface area contributed by atoms with Crippen LogP contribution in [0, 0.1) is 13.8 Å². The average molecular weight is 537 g/mol. The summed E-state index contributed by atoms with van der Waals surface area (Å²) < 4.78 is 11.0. The molecule has 9 nitrogen and oxygen atoms in total. The number of anilines is 2. The minimum absolute atomic E-state index is 0.171. The molecule has 3 aromatic carbocycles. The van der Waals surface area contributed by atoms with E-state index < -0.39 is 11.8 Å². The molecule has 0 atom stereocenters. The van der Waals surface area contributed by atoms with Crippen molar-refractivity contribution in [3.8, 4) is 11.5 Å². The smallest absolute Gasteiger partial charge is 0.329 e. The van der Waals surface area contributed by atoms with Crippen molar-refractivity contribution in [1.29, 1.82) is 0 Å². The Morgan fingerprint density at radius 3 is 2.37 bits per heavy atom. The van der Waals surface area contributed by atoms with E-state index in [0.29, 0.717) is 16.9 Å². The molecular formula is C28H29ClN4O5. The van der Waals surface area contributed by atoms with Crippen LogP contribution >= 0.6 is 11.6 Å². The molecule has 0 aromatic heterocycles. The zero-order valence-electron chi connectivity index (χ0n) is 21.6. The Morgan fingerprint density at radius 2 is 1.71 bits per heavy atom.